The Kier molecular flexibility index (Phi) is 8.47. The summed E-state index contributed by atoms with van der Waals surface area (Å²) in [6, 6.07) is 6.96. The van der Waals surface area contributed by atoms with Crippen LogP contribution in [0.1, 0.15) is 24.5 Å². The molecular formula is C21H31FIN7O. The molecule has 8 nitrogen and oxygen atoms in total. The number of aromatic nitrogens is 3. The first-order valence-electron chi connectivity index (χ1n) is 10.6. The molecule has 0 saturated carbocycles. The fraction of sp³-hybridized carbons (Fsp3) is 0.571. The van der Waals surface area contributed by atoms with Crippen LogP contribution >= 0.6 is 24.0 Å². The van der Waals surface area contributed by atoms with Gasteiger partial charge in [0.15, 0.2) is 11.8 Å². The number of ether oxygens (including phenoxy) is 1. The van der Waals surface area contributed by atoms with Crippen LogP contribution < -0.4 is 10.2 Å². The van der Waals surface area contributed by atoms with Crippen LogP contribution in [0.15, 0.2) is 29.3 Å². The van der Waals surface area contributed by atoms with E-state index < -0.39 is 0 Å². The number of hydrogen-bond acceptors (Lipinski definition) is 5. The summed E-state index contributed by atoms with van der Waals surface area (Å²) in [5.74, 6) is 2.37. The summed E-state index contributed by atoms with van der Waals surface area (Å²) in [4.78, 5) is 9.15. The van der Waals surface area contributed by atoms with Crippen molar-refractivity contribution in [3.05, 3.63) is 41.7 Å². The van der Waals surface area contributed by atoms with E-state index in [1.54, 1.807) is 6.07 Å². The lowest BCUT2D eigenvalue weighted by molar-refractivity contribution is 0.113. The van der Waals surface area contributed by atoms with Crippen molar-refractivity contribution in [1.29, 1.82) is 0 Å². The van der Waals surface area contributed by atoms with Gasteiger partial charge in [-0.3, -0.25) is 0 Å². The fourth-order valence-electron chi connectivity index (χ4n) is 3.88. The molecular weight excluding hydrogens is 512 g/mol. The molecule has 1 atom stereocenters. The molecule has 3 heterocycles. The number of nitrogens with zero attached hydrogens (tertiary/aromatic N) is 6. The van der Waals surface area contributed by atoms with Gasteiger partial charge in [-0.1, -0.05) is 12.1 Å². The molecule has 31 heavy (non-hydrogen) atoms. The first-order chi connectivity index (χ1) is 14.6. The summed E-state index contributed by atoms with van der Waals surface area (Å²) in [5, 5.41) is 11.8. The molecule has 0 radical (unpaired) electrons. The van der Waals surface area contributed by atoms with Gasteiger partial charge < -0.3 is 24.4 Å². The summed E-state index contributed by atoms with van der Waals surface area (Å²) in [7, 11) is 1.95. The normalized spacial score (nSPS) is 19.5. The first-order valence-corrected chi connectivity index (χ1v) is 10.6. The lowest BCUT2D eigenvalue weighted by Gasteiger charge is -2.38. The Bertz CT molecular complexity index is 876. The Morgan fingerprint density at radius 2 is 2.00 bits per heavy atom. The smallest absolute Gasteiger partial charge is 0.194 e. The van der Waals surface area contributed by atoms with Crippen LogP contribution in [-0.2, 0) is 18.3 Å². The predicted molar refractivity (Wildman–Crippen MR) is 129 cm³/mol. The summed E-state index contributed by atoms with van der Waals surface area (Å²) >= 11 is 0. The number of aryl methyl sites for hydroxylation is 1. The van der Waals surface area contributed by atoms with Crippen molar-refractivity contribution in [3.63, 3.8) is 0 Å². The zero-order chi connectivity index (χ0) is 20.9. The van der Waals surface area contributed by atoms with E-state index in [1.807, 2.05) is 30.7 Å². The molecule has 1 unspecified atom stereocenters. The lowest BCUT2D eigenvalue weighted by Crippen LogP contribution is -2.53. The molecule has 0 aliphatic carbocycles. The summed E-state index contributed by atoms with van der Waals surface area (Å²) in [5.41, 5.74) is 0.664. The van der Waals surface area contributed by atoms with Crippen LogP contribution in [0, 0.1) is 12.7 Å². The van der Waals surface area contributed by atoms with Crippen molar-refractivity contribution in [2.45, 2.75) is 32.4 Å². The van der Waals surface area contributed by atoms with Gasteiger partial charge in [0.05, 0.1) is 11.8 Å². The minimum atomic E-state index is -0.172. The predicted octanol–water partition coefficient (Wildman–Crippen LogP) is 2.33. The van der Waals surface area contributed by atoms with Crippen molar-refractivity contribution in [2.24, 2.45) is 12.0 Å². The second-order valence-electron chi connectivity index (χ2n) is 7.80. The van der Waals surface area contributed by atoms with Gasteiger partial charge in [0.1, 0.15) is 18.2 Å². The first kappa shape index (κ1) is 23.7. The van der Waals surface area contributed by atoms with Crippen molar-refractivity contribution in [3.8, 4) is 0 Å². The highest BCUT2D eigenvalue weighted by molar-refractivity contribution is 14.0. The molecule has 10 heteroatoms. The lowest BCUT2D eigenvalue weighted by atomic mass is 10.2. The van der Waals surface area contributed by atoms with E-state index in [2.05, 4.69) is 25.3 Å². The monoisotopic (exact) mass is 543 g/mol. The molecule has 2 saturated heterocycles. The number of benzene rings is 1. The van der Waals surface area contributed by atoms with Crippen molar-refractivity contribution < 1.29 is 9.13 Å². The van der Waals surface area contributed by atoms with Gasteiger partial charge >= 0.3 is 0 Å². The maximum Gasteiger partial charge on any atom is 0.194 e. The number of nitrogens with one attached hydrogen (secondary N) is 1. The van der Waals surface area contributed by atoms with E-state index in [-0.39, 0.29) is 35.9 Å². The standard InChI is InChI=1S/C21H30FN7O.HI/c1-16-25-26-20(27(16)2)15-24-21(23-14-17-6-5-13-30-17)29-11-9-28(10-12-29)19-8-4-3-7-18(19)22;/h3-4,7-8,17H,5-6,9-15H2,1-2H3,(H,23,24);1H. The van der Waals surface area contributed by atoms with Crippen molar-refractivity contribution >= 4 is 35.6 Å². The molecule has 1 N–H and O–H groups in total. The van der Waals surface area contributed by atoms with Gasteiger partial charge in [0, 0.05) is 46.4 Å². The van der Waals surface area contributed by atoms with E-state index in [0.29, 0.717) is 12.2 Å². The Labute approximate surface area is 199 Å². The van der Waals surface area contributed by atoms with E-state index in [1.165, 1.54) is 6.07 Å². The SMILES string of the molecule is Cc1nnc(CN=C(NCC2CCCO2)N2CCN(c3ccccc3F)CC2)n1C.I. The minimum absolute atomic E-state index is 0. The third kappa shape index (κ3) is 5.85. The van der Waals surface area contributed by atoms with Gasteiger partial charge in [-0.15, -0.1) is 34.2 Å². The fourth-order valence-corrected chi connectivity index (χ4v) is 3.88. The minimum Gasteiger partial charge on any atom is -0.376 e. The quantitative estimate of drug-likeness (QED) is 0.355. The van der Waals surface area contributed by atoms with Crippen molar-refractivity contribution in [2.75, 3.05) is 44.2 Å². The topological polar surface area (TPSA) is 70.8 Å². The Hall–Kier alpha value is -1.95. The van der Waals surface area contributed by atoms with Crippen LogP contribution in [0.25, 0.3) is 0 Å². The molecule has 2 fully saturated rings. The number of halogens is 2. The Balaban J connectivity index is 0.00000272. The molecule has 1 aromatic heterocycles. The van der Waals surface area contributed by atoms with Crippen LogP contribution in [0.3, 0.4) is 0 Å². The summed E-state index contributed by atoms with van der Waals surface area (Å²) in [6.07, 6.45) is 2.41. The Morgan fingerprint density at radius 1 is 1.23 bits per heavy atom. The highest BCUT2D eigenvalue weighted by Gasteiger charge is 2.23. The number of anilines is 1. The molecule has 2 aliphatic heterocycles. The zero-order valence-corrected chi connectivity index (χ0v) is 20.5. The molecule has 170 valence electrons. The van der Waals surface area contributed by atoms with Gasteiger partial charge in [0.2, 0.25) is 0 Å². The number of aliphatic imine (C=N–C) groups is 1. The number of hydrogen-bond donors (Lipinski definition) is 1. The zero-order valence-electron chi connectivity index (χ0n) is 18.1. The van der Waals surface area contributed by atoms with Crippen LogP contribution in [0.5, 0.6) is 0 Å². The summed E-state index contributed by atoms with van der Waals surface area (Å²) in [6.45, 7) is 6.97. The summed E-state index contributed by atoms with van der Waals surface area (Å²) < 4.78 is 21.9. The largest absolute Gasteiger partial charge is 0.376 e. The highest BCUT2D eigenvalue weighted by Crippen LogP contribution is 2.20. The van der Waals surface area contributed by atoms with E-state index >= 15 is 0 Å². The second kappa shape index (κ2) is 11.1. The average molecular weight is 543 g/mol. The van der Waals surface area contributed by atoms with Crippen LogP contribution in [0.2, 0.25) is 0 Å². The van der Waals surface area contributed by atoms with E-state index in [4.69, 9.17) is 9.73 Å². The van der Waals surface area contributed by atoms with Crippen LogP contribution in [0.4, 0.5) is 10.1 Å². The molecule has 2 aliphatic rings. The molecule has 0 bridgehead atoms. The van der Waals surface area contributed by atoms with Crippen LogP contribution in [-0.4, -0.2) is 71.1 Å². The number of para-hydroxylation sites is 1. The maximum atomic E-state index is 14.2. The van der Waals surface area contributed by atoms with E-state index in [0.717, 1.165) is 69.8 Å². The third-order valence-electron chi connectivity index (χ3n) is 5.84. The van der Waals surface area contributed by atoms with Crippen molar-refractivity contribution in [1.82, 2.24) is 25.0 Å². The molecule has 0 spiro atoms. The molecule has 4 rings (SSSR count). The van der Waals surface area contributed by atoms with Gasteiger partial charge in [-0.25, -0.2) is 9.38 Å². The average Bonchev–Trinajstić information content (AvgIpc) is 3.40. The highest BCUT2D eigenvalue weighted by atomic mass is 127. The second-order valence-corrected chi connectivity index (χ2v) is 7.80. The molecule has 1 aromatic carbocycles. The maximum absolute atomic E-state index is 14.2. The molecule has 0 amide bonds. The van der Waals surface area contributed by atoms with Gasteiger partial charge in [-0.05, 0) is 31.9 Å². The number of guanidine groups is 1. The number of piperazine rings is 1. The number of rotatable bonds is 5. The van der Waals surface area contributed by atoms with Gasteiger partial charge in [0.25, 0.3) is 0 Å². The Morgan fingerprint density at radius 3 is 2.65 bits per heavy atom. The molecule has 2 aromatic rings. The third-order valence-corrected chi connectivity index (χ3v) is 5.84. The van der Waals surface area contributed by atoms with E-state index in [9.17, 15) is 4.39 Å². The van der Waals surface area contributed by atoms with Gasteiger partial charge in [-0.2, -0.15) is 0 Å².